The van der Waals surface area contributed by atoms with Gasteiger partial charge in [-0.2, -0.15) is 13.2 Å². The van der Waals surface area contributed by atoms with Crippen LogP contribution in [0.5, 0.6) is 5.75 Å². The summed E-state index contributed by atoms with van der Waals surface area (Å²) in [4.78, 5) is 12.1. The number of phenols is 1. The molecule has 5 nitrogen and oxygen atoms in total. The number of benzene rings is 2. The van der Waals surface area contributed by atoms with Gasteiger partial charge in [-0.05, 0) is 60.4 Å². The Hall–Kier alpha value is -2.26. The van der Waals surface area contributed by atoms with Gasteiger partial charge in [0.1, 0.15) is 5.75 Å². The van der Waals surface area contributed by atoms with Crippen molar-refractivity contribution in [3.8, 4) is 5.75 Å². The summed E-state index contributed by atoms with van der Waals surface area (Å²) < 4.78 is 61.6. The molecule has 10 heteroatoms. The van der Waals surface area contributed by atoms with Gasteiger partial charge in [0.05, 0.1) is 21.2 Å². The van der Waals surface area contributed by atoms with Gasteiger partial charge in [-0.3, -0.25) is 4.79 Å². The molecular formula is C22H23ClF3NO4S. The number of phenolic OH excluding ortho intramolecular Hbond substituents is 1. The van der Waals surface area contributed by atoms with Crippen LogP contribution in [-0.4, -0.2) is 24.9 Å². The molecule has 2 aromatic carbocycles. The number of halogens is 4. The number of carbonyl (C=O) groups is 1. The third-order valence-electron chi connectivity index (χ3n) is 5.46. The number of hydrogen-bond donors (Lipinski definition) is 2. The van der Waals surface area contributed by atoms with Crippen LogP contribution < -0.4 is 5.32 Å². The first-order valence-corrected chi connectivity index (χ1v) is 11.8. The molecule has 0 heterocycles. The topological polar surface area (TPSA) is 83.5 Å². The second-order valence-corrected chi connectivity index (χ2v) is 11.1. The summed E-state index contributed by atoms with van der Waals surface area (Å²) in [6, 6.07) is 4.28. The van der Waals surface area contributed by atoms with Crippen molar-refractivity contribution in [1.82, 2.24) is 0 Å². The smallest absolute Gasteiger partial charge is 0.501 e. The van der Waals surface area contributed by atoms with Crippen LogP contribution in [0.3, 0.4) is 0 Å². The van der Waals surface area contributed by atoms with E-state index in [0.717, 1.165) is 42.5 Å². The molecule has 0 aliphatic heterocycles. The number of anilines is 1. The van der Waals surface area contributed by atoms with Gasteiger partial charge in [0.25, 0.3) is 15.7 Å². The molecule has 0 aromatic heterocycles. The number of aromatic hydroxyl groups is 1. The Morgan fingerprint density at radius 1 is 1.09 bits per heavy atom. The molecule has 0 bridgehead atoms. The number of nitrogens with one attached hydrogen (secondary N) is 1. The van der Waals surface area contributed by atoms with Gasteiger partial charge in [-0.25, -0.2) is 8.42 Å². The number of alkyl halides is 3. The van der Waals surface area contributed by atoms with Crippen LogP contribution in [0.4, 0.5) is 18.9 Å². The molecule has 1 aliphatic rings. The predicted octanol–water partition coefficient (Wildman–Crippen LogP) is 5.77. The summed E-state index contributed by atoms with van der Waals surface area (Å²) in [5.41, 5.74) is -3.55. The van der Waals surface area contributed by atoms with Crippen molar-refractivity contribution in [2.45, 2.75) is 62.3 Å². The van der Waals surface area contributed by atoms with Crippen LogP contribution in [0, 0.1) is 0 Å². The van der Waals surface area contributed by atoms with Crippen molar-refractivity contribution in [2.24, 2.45) is 0 Å². The minimum absolute atomic E-state index is 0.0667. The van der Waals surface area contributed by atoms with E-state index >= 15 is 0 Å². The molecule has 1 aliphatic carbocycles. The van der Waals surface area contributed by atoms with E-state index in [4.69, 9.17) is 11.6 Å². The van der Waals surface area contributed by atoms with E-state index in [1.54, 1.807) is 0 Å². The lowest BCUT2D eigenvalue weighted by molar-refractivity contribution is -0.0436. The van der Waals surface area contributed by atoms with Gasteiger partial charge >= 0.3 is 5.51 Å². The fraction of sp³-hybridized carbons (Fsp3) is 0.409. The largest absolute Gasteiger partial charge is 0.507 e. The van der Waals surface area contributed by atoms with E-state index in [-0.39, 0.29) is 22.0 Å². The number of fused-ring (bicyclic) bond motifs is 1. The van der Waals surface area contributed by atoms with Crippen LogP contribution in [0.1, 0.15) is 60.7 Å². The zero-order chi connectivity index (χ0) is 24.1. The van der Waals surface area contributed by atoms with Crippen molar-refractivity contribution in [2.75, 3.05) is 5.32 Å². The van der Waals surface area contributed by atoms with Gasteiger partial charge in [0.2, 0.25) is 0 Å². The quantitative estimate of drug-likeness (QED) is 0.573. The molecule has 2 aromatic rings. The third-order valence-corrected chi connectivity index (χ3v) is 7.26. The second kappa shape index (κ2) is 8.26. The van der Waals surface area contributed by atoms with Crippen LogP contribution in [0.2, 0.25) is 5.02 Å². The molecule has 0 saturated carbocycles. The summed E-state index contributed by atoms with van der Waals surface area (Å²) in [5.74, 6) is -0.817. The summed E-state index contributed by atoms with van der Waals surface area (Å²) in [5, 5.41) is 13.1. The van der Waals surface area contributed by atoms with E-state index in [9.17, 15) is 31.5 Å². The lowest BCUT2D eigenvalue weighted by Gasteiger charge is -2.27. The van der Waals surface area contributed by atoms with Crippen molar-refractivity contribution in [3.63, 3.8) is 0 Å². The molecule has 0 unspecified atom stereocenters. The number of aryl methyl sites for hydroxylation is 1. The second-order valence-electron chi connectivity index (χ2n) is 8.79. The maximum atomic E-state index is 13.2. The highest BCUT2D eigenvalue weighted by Gasteiger charge is 2.47. The van der Waals surface area contributed by atoms with E-state index in [1.807, 2.05) is 26.8 Å². The molecular weight excluding hydrogens is 467 g/mol. The minimum Gasteiger partial charge on any atom is -0.507 e. The molecule has 0 saturated heterocycles. The summed E-state index contributed by atoms with van der Waals surface area (Å²) in [6.45, 7) is 5.74. The Bertz CT molecular complexity index is 1190. The molecule has 0 radical (unpaired) electrons. The molecule has 3 rings (SSSR count). The monoisotopic (exact) mass is 489 g/mol. The zero-order valence-electron chi connectivity index (χ0n) is 17.7. The number of amides is 1. The highest BCUT2D eigenvalue weighted by atomic mass is 35.5. The normalized spacial score (nSPS) is 14.7. The van der Waals surface area contributed by atoms with Crippen molar-refractivity contribution in [1.29, 1.82) is 0 Å². The molecule has 0 atom stereocenters. The lowest BCUT2D eigenvalue weighted by atomic mass is 9.79. The van der Waals surface area contributed by atoms with Crippen LogP contribution in [0.15, 0.2) is 29.2 Å². The standard InChI is InChI=1S/C22H23ClF3NO4S/c1-21(2,3)15-10-12-6-4-5-7-14(12)18(19(15)28)20(29)27-17-9-8-13(11-16(17)23)32(30,31)22(24,25)26/h8-11,28H,4-7H2,1-3H3,(H,27,29). The molecule has 174 valence electrons. The van der Waals surface area contributed by atoms with Crippen molar-refractivity contribution < 1.29 is 31.5 Å². The summed E-state index contributed by atoms with van der Waals surface area (Å²) in [7, 11) is -5.57. The zero-order valence-corrected chi connectivity index (χ0v) is 19.3. The van der Waals surface area contributed by atoms with E-state index in [0.29, 0.717) is 18.1 Å². The van der Waals surface area contributed by atoms with Crippen LogP contribution in [0.25, 0.3) is 0 Å². The van der Waals surface area contributed by atoms with E-state index in [2.05, 4.69) is 5.32 Å². The third kappa shape index (κ3) is 4.45. The number of sulfone groups is 1. The molecule has 2 N–H and O–H groups in total. The highest BCUT2D eigenvalue weighted by Crippen LogP contribution is 2.40. The van der Waals surface area contributed by atoms with Gasteiger partial charge in [-0.15, -0.1) is 0 Å². The maximum Gasteiger partial charge on any atom is 0.501 e. The minimum atomic E-state index is -5.57. The predicted molar refractivity (Wildman–Crippen MR) is 116 cm³/mol. The van der Waals surface area contributed by atoms with Gasteiger partial charge in [0.15, 0.2) is 0 Å². The Balaban J connectivity index is 2.03. The Morgan fingerprint density at radius 2 is 1.72 bits per heavy atom. The maximum absolute atomic E-state index is 13.2. The molecule has 0 fully saturated rings. The first kappa shape index (κ1) is 24.4. The average molecular weight is 490 g/mol. The van der Waals surface area contributed by atoms with E-state index < -0.39 is 31.6 Å². The molecule has 0 spiro atoms. The lowest BCUT2D eigenvalue weighted by Crippen LogP contribution is -2.23. The van der Waals surface area contributed by atoms with Crippen LogP contribution >= 0.6 is 11.6 Å². The van der Waals surface area contributed by atoms with E-state index in [1.165, 1.54) is 0 Å². The Labute approximate surface area is 189 Å². The Morgan fingerprint density at radius 3 is 2.28 bits per heavy atom. The number of hydrogen-bond acceptors (Lipinski definition) is 4. The van der Waals surface area contributed by atoms with Crippen LogP contribution in [-0.2, 0) is 28.1 Å². The number of carbonyl (C=O) groups excluding carboxylic acids is 1. The van der Waals surface area contributed by atoms with Gasteiger partial charge in [-0.1, -0.05) is 38.4 Å². The van der Waals surface area contributed by atoms with Crippen molar-refractivity contribution >= 4 is 33.0 Å². The summed E-state index contributed by atoms with van der Waals surface area (Å²) >= 11 is 6.00. The first-order valence-electron chi connectivity index (χ1n) is 9.95. The fourth-order valence-electron chi connectivity index (χ4n) is 3.79. The van der Waals surface area contributed by atoms with Crippen molar-refractivity contribution in [3.05, 3.63) is 51.5 Å². The SMILES string of the molecule is CC(C)(C)c1cc2c(c(C(=O)Nc3ccc(S(=O)(=O)C(F)(F)F)cc3Cl)c1O)CCCC2. The Kier molecular flexibility index (Phi) is 6.30. The number of rotatable bonds is 3. The first-order chi connectivity index (χ1) is 14.6. The summed E-state index contributed by atoms with van der Waals surface area (Å²) in [6.07, 6.45) is 3.19. The molecule has 1 amide bonds. The average Bonchev–Trinajstić information content (AvgIpc) is 2.67. The fourth-order valence-corrected chi connectivity index (χ4v) is 4.87. The highest BCUT2D eigenvalue weighted by molar-refractivity contribution is 7.92. The molecule has 32 heavy (non-hydrogen) atoms. The van der Waals surface area contributed by atoms with Gasteiger partial charge in [0, 0.05) is 5.56 Å². The van der Waals surface area contributed by atoms with Gasteiger partial charge < -0.3 is 10.4 Å².